The molecule has 3 rings (SSSR count). The Morgan fingerprint density at radius 1 is 0.931 bits per heavy atom. The Kier molecular flexibility index (Phi) is 6.56. The summed E-state index contributed by atoms with van der Waals surface area (Å²) < 4.78 is 27.5. The fraction of sp³-hybridized carbons (Fsp3) is 0.136. The van der Waals surface area contributed by atoms with Gasteiger partial charge in [0.1, 0.15) is 6.54 Å². The van der Waals surface area contributed by atoms with E-state index < -0.39 is 15.9 Å². The van der Waals surface area contributed by atoms with Crippen molar-refractivity contribution in [2.24, 2.45) is 0 Å². The molecule has 0 fully saturated rings. The molecule has 0 radical (unpaired) electrons. The smallest absolute Gasteiger partial charge is 0.264 e. The van der Waals surface area contributed by atoms with Crippen LogP contribution < -0.4 is 9.62 Å². The maximum atomic E-state index is 13.2. The summed E-state index contributed by atoms with van der Waals surface area (Å²) in [6.45, 7) is 1.94. The van der Waals surface area contributed by atoms with E-state index in [4.69, 9.17) is 11.6 Å². The van der Waals surface area contributed by atoms with Crippen molar-refractivity contribution in [3.05, 3.63) is 95.0 Å². The number of carbonyl (C=O) groups is 1. The first kappa shape index (κ1) is 20.9. The molecule has 0 aromatic heterocycles. The van der Waals surface area contributed by atoms with Crippen LogP contribution in [0.1, 0.15) is 11.1 Å². The number of hydrogen-bond donors (Lipinski definition) is 1. The molecule has 0 unspecified atom stereocenters. The third-order valence-corrected chi connectivity index (χ3v) is 6.51. The summed E-state index contributed by atoms with van der Waals surface area (Å²) in [4.78, 5) is 12.7. The third-order valence-electron chi connectivity index (χ3n) is 4.47. The summed E-state index contributed by atoms with van der Waals surface area (Å²) >= 11 is 5.94. The Morgan fingerprint density at radius 2 is 1.55 bits per heavy atom. The van der Waals surface area contributed by atoms with Crippen LogP contribution in [-0.2, 0) is 21.4 Å². The van der Waals surface area contributed by atoms with Gasteiger partial charge in [0.25, 0.3) is 10.0 Å². The number of carbonyl (C=O) groups excluding carboxylic acids is 1. The zero-order valence-electron chi connectivity index (χ0n) is 15.9. The Morgan fingerprint density at radius 3 is 2.21 bits per heavy atom. The second kappa shape index (κ2) is 9.11. The number of nitrogens with one attached hydrogen (secondary N) is 1. The largest absolute Gasteiger partial charge is 0.350 e. The highest BCUT2D eigenvalue weighted by Crippen LogP contribution is 2.25. The quantitative estimate of drug-likeness (QED) is 0.614. The lowest BCUT2D eigenvalue weighted by Gasteiger charge is -2.24. The van der Waals surface area contributed by atoms with Crippen LogP contribution in [0.25, 0.3) is 0 Å². The summed E-state index contributed by atoms with van der Waals surface area (Å²) in [6, 6.07) is 22.1. The number of aryl methyl sites for hydroxylation is 1. The van der Waals surface area contributed by atoms with Crippen LogP contribution in [-0.4, -0.2) is 20.9 Å². The summed E-state index contributed by atoms with van der Waals surface area (Å²) in [7, 11) is -3.92. The van der Waals surface area contributed by atoms with Gasteiger partial charge in [0.2, 0.25) is 5.91 Å². The standard InChI is InChI=1S/C22H21ClN2O3S/c1-17-7-5-6-8-18(17)15-24-22(26)16-25(20-13-11-19(23)12-14-20)29(27,28)21-9-3-2-4-10-21/h2-14H,15-16H2,1H3,(H,24,26). The van der Waals surface area contributed by atoms with Crippen molar-refractivity contribution in [2.75, 3.05) is 10.8 Å². The third kappa shape index (κ3) is 5.16. The maximum absolute atomic E-state index is 13.2. The predicted molar refractivity (Wildman–Crippen MR) is 115 cm³/mol. The monoisotopic (exact) mass is 428 g/mol. The van der Waals surface area contributed by atoms with E-state index in [1.54, 1.807) is 42.5 Å². The van der Waals surface area contributed by atoms with Crippen molar-refractivity contribution in [3.8, 4) is 0 Å². The molecule has 3 aromatic rings. The first-order valence-electron chi connectivity index (χ1n) is 9.02. The summed E-state index contributed by atoms with van der Waals surface area (Å²) in [5, 5.41) is 3.29. The van der Waals surface area contributed by atoms with Gasteiger partial charge >= 0.3 is 0 Å². The molecule has 1 N–H and O–H groups in total. The second-order valence-corrected chi connectivity index (χ2v) is 8.80. The first-order valence-corrected chi connectivity index (χ1v) is 10.8. The van der Waals surface area contributed by atoms with Crippen LogP contribution in [0.4, 0.5) is 5.69 Å². The number of anilines is 1. The predicted octanol–water partition coefficient (Wildman–Crippen LogP) is 4.16. The number of halogens is 1. The van der Waals surface area contributed by atoms with Crippen LogP contribution >= 0.6 is 11.6 Å². The van der Waals surface area contributed by atoms with Crippen molar-refractivity contribution < 1.29 is 13.2 Å². The van der Waals surface area contributed by atoms with E-state index in [1.807, 2.05) is 31.2 Å². The van der Waals surface area contributed by atoms with E-state index >= 15 is 0 Å². The minimum Gasteiger partial charge on any atom is -0.350 e. The lowest BCUT2D eigenvalue weighted by atomic mass is 10.1. The number of nitrogens with zero attached hydrogens (tertiary/aromatic N) is 1. The highest BCUT2D eigenvalue weighted by atomic mass is 35.5. The van der Waals surface area contributed by atoms with E-state index in [2.05, 4.69) is 5.32 Å². The van der Waals surface area contributed by atoms with E-state index in [-0.39, 0.29) is 11.4 Å². The summed E-state index contributed by atoms with van der Waals surface area (Å²) in [5.41, 5.74) is 2.40. The first-order chi connectivity index (χ1) is 13.9. The normalized spacial score (nSPS) is 11.1. The van der Waals surface area contributed by atoms with Crippen molar-refractivity contribution >= 4 is 33.2 Å². The van der Waals surface area contributed by atoms with Crippen LogP contribution in [0.15, 0.2) is 83.8 Å². The highest BCUT2D eigenvalue weighted by Gasteiger charge is 2.27. The van der Waals surface area contributed by atoms with Crippen LogP contribution in [0.3, 0.4) is 0 Å². The SMILES string of the molecule is Cc1ccccc1CNC(=O)CN(c1ccc(Cl)cc1)S(=O)(=O)c1ccccc1. The van der Waals surface area contributed by atoms with E-state index in [0.717, 1.165) is 15.4 Å². The van der Waals surface area contributed by atoms with Gasteiger partial charge in [-0.3, -0.25) is 9.10 Å². The fourth-order valence-corrected chi connectivity index (χ4v) is 4.40. The molecule has 0 aliphatic carbocycles. The summed E-state index contributed by atoms with van der Waals surface area (Å²) in [5.74, 6) is -0.400. The number of benzene rings is 3. The molecule has 29 heavy (non-hydrogen) atoms. The highest BCUT2D eigenvalue weighted by molar-refractivity contribution is 7.92. The minimum absolute atomic E-state index is 0.113. The topological polar surface area (TPSA) is 66.5 Å². The Labute approximate surface area is 176 Å². The van der Waals surface area contributed by atoms with Crippen LogP contribution in [0.2, 0.25) is 5.02 Å². The minimum atomic E-state index is -3.92. The van der Waals surface area contributed by atoms with Crippen molar-refractivity contribution in [1.29, 1.82) is 0 Å². The Hall–Kier alpha value is -2.83. The molecule has 0 aliphatic heterocycles. The molecule has 0 heterocycles. The molecule has 0 atom stereocenters. The van der Waals surface area contributed by atoms with Gasteiger partial charge in [-0.2, -0.15) is 0 Å². The van der Waals surface area contributed by atoms with Crippen molar-refractivity contribution in [3.63, 3.8) is 0 Å². The average molecular weight is 429 g/mol. The number of hydrogen-bond acceptors (Lipinski definition) is 3. The van der Waals surface area contributed by atoms with Gasteiger partial charge in [-0.1, -0.05) is 54.1 Å². The molecule has 0 saturated heterocycles. The molecular formula is C22H21ClN2O3S. The van der Waals surface area contributed by atoms with E-state index in [0.29, 0.717) is 17.3 Å². The second-order valence-electron chi connectivity index (χ2n) is 6.50. The maximum Gasteiger partial charge on any atom is 0.264 e. The van der Waals surface area contributed by atoms with Gasteiger partial charge in [-0.15, -0.1) is 0 Å². The van der Waals surface area contributed by atoms with E-state index in [9.17, 15) is 13.2 Å². The van der Waals surface area contributed by atoms with Gasteiger partial charge in [-0.25, -0.2) is 8.42 Å². The van der Waals surface area contributed by atoms with Crippen molar-refractivity contribution in [2.45, 2.75) is 18.4 Å². The van der Waals surface area contributed by atoms with Crippen molar-refractivity contribution in [1.82, 2.24) is 5.32 Å². The van der Waals surface area contributed by atoms with Gasteiger partial charge in [0, 0.05) is 11.6 Å². The molecule has 0 spiro atoms. The molecule has 1 amide bonds. The summed E-state index contributed by atoms with van der Waals surface area (Å²) in [6.07, 6.45) is 0. The molecule has 0 saturated carbocycles. The Balaban J connectivity index is 1.84. The van der Waals surface area contributed by atoms with E-state index in [1.165, 1.54) is 12.1 Å². The molecule has 0 bridgehead atoms. The fourth-order valence-electron chi connectivity index (χ4n) is 2.83. The lowest BCUT2D eigenvalue weighted by Crippen LogP contribution is -2.40. The van der Waals surface area contributed by atoms with Crippen LogP contribution in [0, 0.1) is 6.92 Å². The van der Waals surface area contributed by atoms with Gasteiger partial charge < -0.3 is 5.32 Å². The molecule has 7 heteroatoms. The lowest BCUT2D eigenvalue weighted by molar-refractivity contribution is -0.119. The van der Waals surface area contributed by atoms with Gasteiger partial charge in [-0.05, 0) is 54.4 Å². The number of amides is 1. The zero-order valence-corrected chi connectivity index (χ0v) is 17.5. The number of sulfonamides is 1. The molecule has 150 valence electrons. The average Bonchev–Trinajstić information content (AvgIpc) is 2.73. The molecule has 3 aromatic carbocycles. The Bertz CT molecular complexity index is 1080. The van der Waals surface area contributed by atoms with Gasteiger partial charge in [0.15, 0.2) is 0 Å². The number of rotatable bonds is 7. The zero-order chi connectivity index (χ0) is 20.9. The molecule has 0 aliphatic rings. The molecule has 5 nitrogen and oxygen atoms in total. The van der Waals surface area contributed by atoms with Gasteiger partial charge in [0.05, 0.1) is 10.6 Å². The molecular weight excluding hydrogens is 408 g/mol. The van der Waals surface area contributed by atoms with Crippen LogP contribution in [0.5, 0.6) is 0 Å².